The van der Waals surface area contributed by atoms with Crippen molar-refractivity contribution in [2.75, 3.05) is 16.4 Å². The first-order valence-electron chi connectivity index (χ1n) is 9.50. The summed E-state index contributed by atoms with van der Waals surface area (Å²) >= 11 is 7.26. The summed E-state index contributed by atoms with van der Waals surface area (Å²) in [6, 6.07) is 16.3. The van der Waals surface area contributed by atoms with Crippen LogP contribution in [0.4, 0.5) is 11.4 Å². The molecule has 0 bridgehead atoms. The Labute approximate surface area is 184 Å². The highest BCUT2D eigenvalue weighted by Gasteiger charge is 2.14. The average molecular weight is 444 g/mol. The van der Waals surface area contributed by atoms with Gasteiger partial charge in [-0.05, 0) is 37.3 Å². The molecule has 0 atom stereocenters. The van der Waals surface area contributed by atoms with Crippen molar-refractivity contribution in [3.8, 4) is 0 Å². The first-order chi connectivity index (χ1) is 14.5. The van der Waals surface area contributed by atoms with E-state index in [1.807, 2.05) is 41.8 Å². The summed E-state index contributed by atoms with van der Waals surface area (Å²) in [5.74, 6) is 0.700. The van der Waals surface area contributed by atoms with Crippen LogP contribution in [0.25, 0.3) is 0 Å². The number of hydrogen-bond acceptors (Lipinski definition) is 5. The fourth-order valence-corrected chi connectivity index (χ4v) is 3.80. The van der Waals surface area contributed by atoms with Crippen molar-refractivity contribution in [2.45, 2.75) is 31.5 Å². The van der Waals surface area contributed by atoms with Crippen LogP contribution in [0.2, 0.25) is 5.02 Å². The number of rotatable bonds is 9. The number of halogens is 1. The number of anilines is 2. The van der Waals surface area contributed by atoms with Crippen LogP contribution in [0.5, 0.6) is 0 Å². The fourth-order valence-electron chi connectivity index (χ4n) is 2.79. The van der Waals surface area contributed by atoms with E-state index in [-0.39, 0.29) is 24.0 Å². The Hall–Kier alpha value is -2.84. The molecule has 3 rings (SSSR count). The molecule has 0 saturated heterocycles. The number of para-hydroxylation sites is 1. The first kappa shape index (κ1) is 21.9. The molecule has 0 aliphatic rings. The number of carbonyl (C=O) groups excluding carboxylic acids is 2. The summed E-state index contributed by atoms with van der Waals surface area (Å²) in [6.07, 6.45) is 0.716. The van der Waals surface area contributed by atoms with Crippen molar-refractivity contribution in [1.82, 2.24) is 14.8 Å². The molecule has 30 heavy (non-hydrogen) atoms. The van der Waals surface area contributed by atoms with Gasteiger partial charge in [0.15, 0.2) is 5.16 Å². The lowest BCUT2D eigenvalue weighted by atomic mass is 10.2. The standard InChI is InChI=1S/C21H22ClN5O2S/c1-2-27-18(11-12-19(28)24-17-10-6-7-15(22)13-17)25-26-21(27)30-14-20(29)23-16-8-4-3-5-9-16/h3-10,13H,2,11-12,14H2,1H3,(H,23,29)(H,24,28). The van der Waals surface area contributed by atoms with Crippen LogP contribution in [0.3, 0.4) is 0 Å². The quantitative estimate of drug-likeness (QED) is 0.482. The Bertz CT molecular complexity index is 1010. The van der Waals surface area contributed by atoms with Crippen LogP contribution in [0, 0.1) is 0 Å². The topological polar surface area (TPSA) is 88.9 Å². The molecular weight excluding hydrogens is 422 g/mol. The van der Waals surface area contributed by atoms with Crippen molar-refractivity contribution >= 4 is 46.6 Å². The normalized spacial score (nSPS) is 10.6. The molecule has 1 aromatic heterocycles. The molecule has 0 aliphatic carbocycles. The van der Waals surface area contributed by atoms with Gasteiger partial charge in [0, 0.05) is 35.8 Å². The molecule has 0 spiro atoms. The zero-order chi connectivity index (χ0) is 21.3. The maximum absolute atomic E-state index is 12.2. The first-order valence-corrected chi connectivity index (χ1v) is 10.9. The van der Waals surface area contributed by atoms with Crippen LogP contribution in [0.1, 0.15) is 19.2 Å². The zero-order valence-electron chi connectivity index (χ0n) is 16.5. The third-order valence-electron chi connectivity index (χ3n) is 4.18. The Morgan fingerprint density at radius 2 is 1.73 bits per heavy atom. The molecular formula is C21H22ClN5O2S. The second-order valence-corrected chi connectivity index (χ2v) is 7.78. The van der Waals surface area contributed by atoms with Gasteiger partial charge in [-0.15, -0.1) is 10.2 Å². The van der Waals surface area contributed by atoms with Crippen molar-refractivity contribution < 1.29 is 9.59 Å². The van der Waals surface area contributed by atoms with E-state index in [2.05, 4.69) is 20.8 Å². The molecule has 0 unspecified atom stereocenters. The summed E-state index contributed by atoms with van der Waals surface area (Å²) in [7, 11) is 0. The largest absolute Gasteiger partial charge is 0.326 e. The third-order valence-corrected chi connectivity index (χ3v) is 5.39. The number of aromatic nitrogens is 3. The van der Waals surface area contributed by atoms with E-state index in [0.717, 1.165) is 5.69 Å². The van der Waals surface area contributed by atoms with Gasteiger partial charge in [0.05, 0.1) is 5.75 Å². The van der Waals surface area contributed by atoms with Crippen LogP contribution >= 0.6 is 23.4 Å². The lowest BCUT2D eigenvalue weighted by Gasteiger charge is -2.08. The molecule has 0 aliphatic heterocycles. The highest BCUT2D eigenvalue weighted by molar-refractivity contribution is 7.99. The van der Waals surface area contributed by atoms with Crippen LogP contribution in [-0.2, 0) is 22.6 Å². The van der Waals surface area contributed by atoms with Crippen molar-refractivity contribution in [3.05, 3.63) is 65.4 Å². The fraction of sp³-hybridized carbons (Fsp3) is 0.238. The smallest absolute Gasteiger partial charge is 0.234 e. The van der Waals surface area contributed by atoms with E-state index in [9.17, 15) is 9.59 Å². The minimum atomic E-state index is -0.126. The molecule has 7 nitrogen and oxygen atoms in total. The molecule has 0 saturated carbocycles. The lowest BCUT2D eigenvalue weighted by molar-refractivity contribution is -0.116. The van der Waals surface area contributed by atoms with Crippen LogP contribution < -0.4 is 10.6 Å². The molecule has 156 valence electrons. The number of amides is 2. The number of hydrogen-bond donors (Lipinski definition) is 2. The van der Waals surface area contributed by atoms with Crippen molar-refractivity contribution in [3.63, 3.8) is 0 Å². The minimum Gasteiger partial charge on any atom is -0.326 e. The maximum Gasteiger partial charge on any atom is 0.234 e. The maximum atomic E-state index is 12.2. The lowest BCUT2D eigenvalue weighted by Crippen LogP contribution is -2.15. The highest BCUT2D eigenvalue weighted by atomic mass is 35.5. The van der Waals surface area contributed by atoms with Gasteiger partial charge in [-0.1, -0.05) is 47.6 Å². The Morgan fingerprint density at radius 3 is 2.47 bits per heavy atom. The number of thioether (sulfide) groups is 1. The Morgan fingerprint density at radius 1 is 1.00 bits per heavy atom. The van der Waals surface area contributed by atoms with Crippen molar-refractivity contribution in [1.29, 1.82) is 0 Å². The van der Waals surface area contributed by atoms with Gasteiger partial charge in [-0.3, -0.25) is 9.59 Å². The van der Waals surface area contributed by atoms with E-state index >= 15 is 0 Å². The number of nitrogens with zero attached hydrogens (tertiary/aromatic N) is 3. The van der Waals surface area contributed by atoms with Gasteiger partial charge in [-0.2, -0.15) is 0 Å². The van der Waals surface area contributed by atoms with Crippen LogP contribution in [-0.4, -0.2) is 32.3 Å². The summed E-state index contributed by atoms with van der Waals surface area (Å²) in [5.41, 5.74) is 1.41. The van der Waals surface area contributed by atoms with Gasteiger partial charge in [0.2, 0.25) is 11.8 Å². The Kier molecular flexibility index (Phi) is 7.87. The monoisotopic (exact) mass is 443 g/mol. The second-order valence-electron chi connectivity index (χ2n) is 6.40. The second kappa shape index (κ2) is 10.8. The number of nitrogens with one attached hydrogen (secondary N) is 2. The number of benzene rings is 2. The summed E-state index contributed by atoms with van der Waals surface area (Å²) in [4.78, 5) is 24.4. The van der Waals surface area contributed by atoms with Gasteiger partial charge in [-0.25, -0.2) is 0 Å². The summed E-state index contributed by atoms with van der Waals surface area (Å²) in [6.45, 7) is 2.63. The highest BCUT2D eigenvalue weighted by Crippen LogP contribution is 2.19. The van der Waals surface area contributed by atoms with Crippen LogP contribution in [0.15, 0.2) is 59.8 Å². The molecule has 3 aromatic rings. The molecule has 0 radical (unpaired) electrons. The molecule has 1 heterocycles. The molecule has 2 aromatic carbocycles. The van der Waals surface area contributed by atoms with Gasteiger partial charge in [0.1, 0.15) is 5.82 Å². The van der Waals surface area contributed by atoms with E-state index in [4.69, 9.17) is 11.6 Å². The average Bonchev–Trinajstić information content (AvgIpc) is 3.13. The van der Waals surface area contributed by atoms with E-state index in [0.29, 0.717) is 34.7 Å². The summed E-state index contributed by atoms with van der Waals surface area (Å²) in [5, 5.41) is 15.3. The van der Waals surface area contributed by atoms with Gasteiger partial charge < -0.3 is 15.2 Å². The van der Waals surface area contributed by atoms with E-state index in [1.54, 1.807) is 24.3 Å². The molecule has 0 fully saturated rings. The molecule has 2 amide bonds. The predicted octanol–water partition coefficient (Wildman–Crippen LogP) is 4.25. The molecule has 9 heteroatoms. The zero-order valence-corrected chi connectivity index (χ0v) is 18.0. The Balaban J connectivity index is 1.52. The summed E-state index contributed by atoms with van der Waals surface area (Å²) < 4.78 is 1.92. The molecule has 2 N–H and O–H groups in total. The van der Waals surface area contributed by atoms with Gasteiger partial charge >= 0.3 is 0 Å². The van der Waals surface area contributed by atoms with E-state index in [1.165, 1.54) is 11.8 Å². The third kappa shape index (κ3) is 6.33. The predicted molar refractivity (Wildman–Crippen MR) is 120 cm³/mol. The van der Waals surface area contributed by atoms with Crippen molar-refractivity contribution in [2.24, 2.45) is 0 Å². The number of aryl methyl sites for hydroxylation is 1. The van der Waals surface area contributed by atoms with E-state index < -0.39 is 0 Å². The number of carbonyl (C=O) groups is 2. The SMILES string of the molecule is CCn1c(CCC(=O)Nc2cccc(Cl)c2)nnc1SCC(=O)Nc1ccccc1. The minimum absolute atomic E-state index is 0.112. The van der Waals surface area contributed by atoms with Gasteiger partial charge in [0.25, 0.3) is 0 Å².